The van der Waals surface area contributed by atoms with E-state index < -0.39 is 0 Å². The van der Waals surface area contributed by atoms with Gasteiger partial charge in [-0.05, 0) is 55.2 Å². The zero-order valence-electron chi connectivity index (χ0n) is 12.8. The Balaban J connectivity index is 1.61. The van der Waals surface area contributed by atoms with E-state index in [1.807, 2.05) is 0 Å². The molecule has 0 amide bonds. The first-order chi connectivity index (χ1) is 9.86. The van der Waals surface area contributed by atoms with Gasteiger partial charge in [0.1, 0.15) is 0 Å². The summed E-state index contributed by atoms with van der Waals surface area (Å²) < 4.78 is 0. The number of anilines is 1. The average Bonchev–Trinajstić information content (AvgIpc) is 2.56. The first-order valence-electron chi connectivity index (χ1n) is 8.42. The molecule has 0 unspecified atom stereocenters. The molecule has 0 aromatic heterocycles. The summed E-state index contributed by atoms with van der Waals surface area (Å²) >= 11 is 0. The molecule has 0 atom stereocenters. The Morgan fingerprint density at radius 3 is 2.25 bits per heavy atom. The third-order valence-corrected chi connectivity index (χ3v) is 5.27. The molecule has 2 heteroatoms. The zero-order valence-corrected chi connectivity index (χ0v) is 12.8. The summed E-state index contributed by atoms with van der Waals surface area (Å²) in [5.74, 6) is 1.81. The van der Waals surface area contributed by atoms with Gasteiger partial charge in [0, 0.05) is 31.9 Å². The highest BCUT2D eigenvalue weighted by Crippen LogP contribution is 2.37. The molecule has 2 aliphatic rings. The second-order valence-corrected chi connectivity index (χ2v) is 6.45. The molecule has 1 aromatic carbocycles. The number of rotatable bonds is 3. The van der Waals surface area contributed by atoms with Gasteiger partial charge < -0.3 is 10.2 Å². The molecule has 0 spiro atoms. The van der Waals surface area contributed by atoms with E-state index >= 15 is 0 Å². The van der Waals surface area contributed by atoms with Gasteiger partial charge in [0.25, 0.3) is 0 Å². The van der Waals surface area contributed by atoms with Crippen molar-refractivity contribution in [2.45, 2.75) is 44.9 Å². The lowest BCUT2D eigenvalue weighted by atomic mass is 9.78. The minimum atomic E-state index is 0.815. The highest BCUT2D eigenvalue weighted by Gasteiger charge is 2.21. The summed E-state index contributed by atoms with van der Waals surface area (Å²) in [5.41, 5.74) is 2.97. The van der Waals surface area contributed by atoms with Crippen molar-refractivity contribution in [2.75, 3.05) is 31.1 Å². The topological polar surface area (TPSA) is 15.3 Å². The van der Waals surface area contributed by atoms with Gasteiger partial charge in [-0.1, -0.05) is 25.5 Å². The zero-order chi connectivity index (χ0) is 13.8. The fourth-order valence-electron chi connectivity index (χ4n) is 3.78. The van der Waals surface area contributed by atoms with E-state index in [4.69, 9.17) is 0 Å². The minimum Gasteiger partial charge on any atom is -0.369 e. The second kappa shape index (κ2) is 6.62. The summed E-state index contributed by atoms with van der Waals surface area (Å²) in [4.78, 5) is 2.49. The normalized spacial score (nSPS) is 27.6. The van der Waals surface area contributed by atoms with Crippen molar-refractivity contribution in [3.8, 4) is 0 Å². The van der Waals surface area contributed by atoms with E-state index in [9.17, 15) is 0 Å². The van der Waals surface area contributed by atoms with Crippen LogP contribution in [0.2, 0.25) is 0 Å². The molecular formula is C18H28N2. The maximum atomic E-state index is 3.42. The van der Waals surface area contributed by atoms with Crippen LogP contribution in [0.1, 0.15) is 50.5 Å². The number of hydrogen-bond acceptors (Lipinski definition) is 2. The molecule has 1 heterocycles. The lowest BCUT2D eigenvalue weighted by Gasteiger charge is -2.31. The Morgan fingerprint density at radius 1 is 1.00 bits per heavy atom. The molecule has 1 aromatic rings. The monoisotopic (exact) mass is 272 g/mol. The van der Waals surface area contributed by atoms with Gasteiger partial charge in [0.15, 0.2) is 0 Å². The van der Waals surface area contributed by atoms with E-state index in [1.165, 1.54) is 37.8 Å². The second-order valence-electron chi connectivity index (χ2n) is 6.45. The van der Waals surface area contributed by atoms with Crippen LogP contribution >= 0.6 is 0 Å². The Kier molecular flexibility index (Phi) is 4.62. The Labute approximate surface area is 123 Å². The van der Waals surface area contributed by atoms with Crippen molar-refractivity contribution >= 4 is 5.69 Å². The maximum Gasteiger partial charge on any atom is 0.0367 e. The smallest absolute Gasteiger partial charge is 0.0367 e. The van der Waals surface area contributed by atoms with Gasteiger partial charge in [-0.3, -0.25) is 0 Å². The molecule has 1 aliphatic heterocycles. The van der Waals surface area contributed by atoms with E-state index in [0.29, 0.717) is 0 Å². The van der Waals surface area contributed by atoms with Crippen LogP contribution in [0, 0.1) is 5.92 Å². The molecule has 1 saturated carbocycles. The molecule has 0 radical (unpaired) electrons. The predicted molar refractivity (Wildman–Crippen MR) is 86.5 cm³/mol. The van der Waals surface area contributed by atoms with Crippen LogP contribution in [0.3, 0.4) is 0 Å². The van der Waals surface area contributed by atoms with Crippen molar-refractivity contribution in [2.24, 2.45) is 5.92 Å². The quantitative estimate of drug-likeness (QED) is 0.901. The standard InChI is InChI=1S/C18H28N2/c1-2-15-3-5-16(6-4-15)17-7-9-18(10-8-17)20-13-11-19-12-14-20/h7-10,15-16,19H,2-6,11-14H2,1H3/t15-,16-. The van der Waals surface area contributed by atoms with Crippen molar-refractivity contribution in [3.63, 3.8) is 0 Å². The molecule has 2 fully saturated rings. The van der Waals surface area contributed by atoms with E-state index in [1.54, 1.807) is 5.56 Å². The summed E-state index contributed by atoms with van der Waals surface area (Å²) in [6.45, 7) is 6.85. The number of piperazine rings is 1. The number of benzene rings is 1. The van der Waals surface area contributed by atoms with Crippen LogP contribution in [0.4, 0.5) is 5.69 Å². The first-order valence-corrected chi connectivity index (χ1v) is 8.42. The van der Waals surface area contributed by atoms with Crippen LogP contribution in [-0.2, 0) is 0 Å². The highest BCUT2D eigenvalue weighted by atomic mass is 15.2. The van der Waals surface area contributed by atoms with E-state index in [2.05, 4.69) is 41.4 Å². The van der Waals surface area contributed by atoms with Crippen molar-refractivity contribution in [3.05, 3.63) is 29.8 Å². The average molecular weight is 272 g/mol. The predicted octanol–water partition coefficient (Wildman–Crippen LogP) is 3.78. The number of nitrogens with one attached hydrogen (secondary N) is 1. The van der Waals surface area contributed by atoms with Gasteiger partial charge in [0.2, 0.25) is 0 Å². The molecule has 1 aliphatic carbocycles. The molecule has 1 saturated heterocycles. The first kappa shape index (κ1) is 13.9. The molecule has 3 rings (SSSR count). The van der Waals surface area contributed by atoms with Gasteiger partial charge in [0.05, 0.1) is 0 Å². The van der Waals surface area contributed by atoms with Gasteiger partial charge in [-0.25, -0.2) is 0 Å². The van der Waals surface area contributed by atoms with Crippen LogP contribution < -0.4 is 10.2 Å². The summed E-state index contributed by atoms with van der Waals surface area (Å²) in [6.07, 6.45) is 7.02. The fraction of sp³-hybridized carbons (Fsp3) is 0.667. The third kappa shape index (κ3) is 3.17. The molecule has 2 nitrogen and oxygen atoms in total. The van der Waals surface area contributed by atoms with E-state index in [0.717, 1.165) is 38.0 Å². The van der Waals surface area contributed by atoms with Crippen molar-refractivity contribution in [1.82, 2.24) is 5.32 Å². The SMILES string of the molecule is CC[C@H]1CC[C@H](c2ccc(N3CCNCC3)cc2)CC1. The van der Waals surface area contributed by atoms with Crippen LogP contribution in [0.5, 0.6) is 0 Å². The molecule has 20 heavy (non-hydrogen) atoms. The van der Waals surface area contributed by atoms with Crippen LogP contribution in [0.25, 0.3) is 0 Å². The number of nitrogens with zero attached hydrogens (tertiary/aromatic N) is 1. The van der Waals surface area contributed by atoms with Gasteiger partial charge in [-0.15, -0.1) is 0 Å². The maximum absolute atomic E-state index is 3.42. The summed E-state index contributed by atoms with van der Waals surface area (Å²) in [5, 5.41) is 3.42. The van der Waals surface area contributed by atoms with Crippen LogP contribution in [0.15, 0.2) is 24.3 Å². The Hall–Kier alpha value is -1.02. The molecule has 110 valence electrons. The third-order valence-electron chi connectivity index (χ3n) is 5.27. The lowest BCUT2D eigenvalue weighted by Crippen LogP contribution is -2.43. The largest absolute Gasteiger partial charge is 0.369 e. The molecule has 1 N–H and O–H groups in total. The summed E-state index contributed by atoms with van der Waals surface area (Å²) in [7, 11) is 0. The molecule has 0 bridgehead atoms. The van der Waals surface area contributed by atoms with Gasteiger partial charge in [-0.2, -0.15) is 0 Å². The Morgan fingerprint density at radius 2 is 1.65 bits per heavy atom. The fourth-order valence-corrected chi connectivity index (χ4v) is 3.78. The van der Waals surface area contributed by atoms with Crippen molar-refractivity contribution in [1.29, 1.82) is 0 Å². The Bertz CT molecular complexity index is 398. The minimum absolute atomic E-state index is 0.815. The van der Waals surface area contributed by atoms with Gasteiger partial charge >= 0.3 is 0 Å². The summed E-state index contributed by atoms with van der Waals surface area (Å²) in [6, 6.07) is 9.45. The van der Waals surface area contributed by atoms with Crippen molar-refractivity contribution < 1.29 is 0 Å². The number of hydrogen-bond donors (Lipinski definition) is 1. The highest BCUT2D eigenvalue weighted by molar-refractivity contribution is 5.48. The molecular weight excluding hydrogens is 244 g/mol. The lowest BCUT2D eigenvalue weighted by molar-refractivity contribution is 0.319. The van der Waals surface area contributed by atoms with E-state index in [-0.39, 0.29) is 0 Å². The van der Waals surface area contributed by atoms with Crippen LogP contribution in [-0.4, -0.2) is 26.2 Å².